The van der Waals surface area contributed by atoms with Crippen LogP contribution in [0.5, 0.6) is 0 Å². The summed E-state index contributed by atoms with van der Waals surface area (Å²) in [4.78, 5) is 12.1. The molecule has 25 heavy (non-hydrogen) atoms. The molecule has 0 saturated carbocycles. The van der Waals surface area contributed by atoms with Crippen molar-refractivity contribution in [3.05, 3.63) is 74.7 Å². The summed E-state index contributed by atoms with van der Waals surface area (Å²) in [6, 6.07) is 10.5. The first-order valence-corrected chi connectivity index (χ1v) is 8.76. The molecule has 1 N–H and O–H groups in total. The number of aromatic nitrogens is 2. The maximum atomic E-state index is 12.1. The van der Waals surface area contributed by atoms with Gasteiger partial charge in [0.15, 0.2) is 4.67 Å². The highest BCUT2D eigenvalue weighted by Crippen LogP contribution is 2.22. The molecule has 0 saturated heterocycles. The van der Waals surface area contributed by atoms with Crippen LogP contribution in [-0.4, -0.2) is 15.7 Å². The van der Waals surface area contributed by atoms with Gasteiger partial charge >= 0.3 is 0 Å². The SMILES string of the molecule is O=C(/C=C/c1ccc(Br)o1)Nc1ccnn1Cc1ccc(Cl)cc1Cl. The second-order valence-electron chi connectivity index (χ2n) is 5.07. The normalized spacial score (nSPS) is 11.2. The Kier molecular flexibility index (Phi) is 5.63. The van der Waals surface area contributed by atoms with Crippen LogP contribution in [0.4, 0.5) is 5.82 Å². The lowest BCUT2D eigenvalue weighted by Crippen LogP contribution is -2.13. The molecule has 3 rings (SSSR count). The highest BCUT2D eigenvalue weighted by atomic mass is 79.9. The molecule has 1 aromatic carbocycles. The Balaban J connectivity index is 1.69. The zero-order chi connectivity index (χ0) is 17.8. The number of amides is 1. The molecule has 8 heteroatoms. The second kappa shape index (κ2) is 7.91. The predicted molar refractivity (Wildman–Crippen MR) is 102 cm³/mol. The molecule has 3 aromatic rings. The summed E-state index contributed by atoms with van der Waals surface area (Å²) in [7, 11) is 0. The van der Waals surface area contributed by atoms with Gasteiger partial charge in [0.2, 0.25) is 5.91 Å². The average molecular weight is 441 g/mol. The molecule has 0 radical (unpaired) electrons. The van der Waals surface area contributed by atoms with Gasteiger partial charge in [-0.25, -0.2) is 4.68 Å². The van der Waals surface area contributed by atoms with E-state index in [1.807, 2.05) is 6.07 Å². The van der Waals surface area contributed by atoms with Crippen molar-refractivity contribution in [2.75, 3.05) is 5.32 Å². The highest BCUT2D eigenvalue weighted by Gasteiger charge is 2.08. The Morgan fingerprint density at radius 2 is 2.12 bits per heavy atom. The van der Waals surface area contributed by atoms with Crippen molar-refractivity contribution in [1.29, 1.82) is 0 Å². The quantitative estimate of drug-likeness (QED) is 0.551. The number of halogens is 3. The minimum atomic E-state index is -0.295. The third-order valence-corrected chi connectivity index (χ3v) is 4.31. The van der Waals surface area contributed by atoms with Gasteiger partial charge in [-0.15, -0.1) is 0 Å². The molecular weight excluding hydrogens is 429 g/mol. The number of nitrogens with zero attached hydrogens (tertiary/aromatic N) is 2. The number of benzene rings is 1. The molecular formula is C17H12BrCl2N3O2. The minimum absolute atomic E-state index is 0.295. The van der Waals surface area contributed by atoms with E-state index in [2.05, 4.69) is 26.3 Å². The van der Waals surface area contributed by atoms with E-state index >= 15 is 0 Å². The van der Waals surface area contributed by atoms with Crippen molar-refractivity contribution < 1.29 is 9.21 Å². The van der Waals surface area contributed by atoms with E-state index < -0.39 is 0 Å². The van der Waals surface area contributed by atoms with Crippen LogP contribution in [0.1, 0.15) is 11.3 Å². The number of nitrogens with one attached hydrogen (secondary N) is 1. The molecule has 0 bridgehead atoms. The Morgan fingerprint density at radius 3 is 2.84 bits per heavy atom. The van der Waals surface area contributed by atoms with Gasteiger partial charge in [0.05, 0.1) is 12.7 Å². The number of carbonyl (C=O) groups is 1. The van der Waals surface area contributed by atoms with Crippen LogP contribution in [0, 0.1) is 0 Å². The van der Waals surface area contributed by atoms with E-state index in [0.717, 1.165) is 5.56 Å². The smallest absolute Gasteiger partial charge is 0.249 e. The lowest BCUT2D eigenvalue weighted by Gasteiger charge is -2.09. The maximum absolute atomic E-state index is 12.1. The number of rotatable bonds is 5. The predicted octanol–water partition coefficient (Wildman–Crippen LogP) is 5.25. The monoisotopic (exact) mass is 439 g/mol. The second-order valence-corrected chi connectivity index (χ2v) is 6.70. The fraction of sp³-hybridized carbons (Fsp3) is 0.0588. The van der Waals surface area contributed by atoms with Crippen LogP contribution in [-0.2, 0) is 11.3 Å². The van der Waals surface area contributed by atoms with Gasteiger partial charge in [-0.1, -0.05) is 29.3 Å². The molecule has 5 nitrogen and oxygen atoms in total. The molecule has 2 aromatic heterocycles. The third kappa shape index (κ3) is 4.75. The zero-order valence-corrected chi connectivity index (χ0v) is 15.8. The first-order valence-electron chi connectivity index (χ1n) is 7.21. The number of anilines is 1. The van der Waals surface area contributed by atoms with E-state index in [1.165, 1.54) is 6.08 Å². The molecule has 2 heterocycles. The van der Waals surface area contributed by atoms with Gasteiger partial charge in [0, 0.05) is 22.2 Å². The number of carbonyl (C=O) groups excluding carboxylic acids is 1. The topological polar surface area (TPSA) is 60.1 Å². The van der Waals surface area contributed by atoms with Crippen LogP contribution in [0.15, 0.2) is 57.8 Å². The summed E-state index contributed by atoms with van der Waals surface area (Å²) in [5.74, 6) is 0.834. The van der Waals surface area contributed by atoms with Gasteiger partial charge in [0.1, 0.15) is 11.6 Å². The van der Waals surface area contributed by atoms with Crippen molar-refractivity contribution in [2.24, 2.45) is 0 Å². The van der Waals surface area contributed by atoms with Crippen molar-refractivity contribution >= 4 is 56.9 Å². The first kappa shape index (κ1) is 17.8. The summed E-state index contributed by atoms with van der Waals surface area (Å²) in [5.41, 5.74) is 0.848. The fourth-order valence-corrected chi connectivity index (χ4v) is 2.91. The van der Waals surface area contributed by atoms with Gasteiger partial charge in [-0.2, -0.15) is 5.10 Å². The van der Waals surface area contributed by atoms with E-state index in [4.69, 9.17) is 27.6 Å². The fourth-order valence-electron chi connectivity index (χ4n) is 2.12. The largest absolute Gasteiger partial charge is 0.450 e. The Bertz CT molecular complexity index is 934. The lowest BCUT2D eigenvalue weighted by molar-refractivity contribution is -0.111. The van der Waals surface area contributed by atoms with Gasteiger partial charge in [0.25, 0.3) is 0 Å². The molecule has 0 spiro atoms. The van der Waals surface area contributed by atoms with Crippen molar-refractivity contribution in [1.82, 2.24) is 9.78 Å². The maximum Gasteiger partial charge on any atom is 0.249 e. The number of hydrogen-bond donors (Lipinski definition) is 1. The molecule has 0 atom stereocenters. The lowest BCUT2D eigenvalue weighted by atomic mass is 10.2. The van der Waals surface area contributed by atoms with Crippen molar-refractivity contribution in [2.45, 2.75) is 6.54 Å². The van der Waals surface area contributed by atoms with Crippen LogP contribution in [0.2, 0.25) is 10.0 Å². The number of furan rings is 1. The molecule has 0 aliphatic heterocycles. The molecule has 1 amide bonds. The molecule has 0 fully saturated rings. The van der Waals surface area contributed by atoms with E-state index in [0.29, 0.717) is 32.8 Å². The van der Waals surface area contributed by atoms with E-state index in [-0.39, 0.29) is 5.91 Å². The van der Waals surface area contributed by atoms with Gasteiger partial charge in [-0.3, -0.25) is 4.79 Å². The molecule has 0 aliphatic rings. The van der Waals surface area contributed by atoms with Crippen LogP contribution >= 0.6 is 39.1 Å². The molecule has 0 aliphatic carbocycles. The van der Waals surface area contributed by atoms with Gasteiger partial charge < -0.3 is 9.73 Å². The molecule has 0 unspecified atom stereocenters. The Morgan fingerprint density at radius 1 is 1.28 bits per heavy atom. The standard InChI is InChI=1S/C17H12BrCl2N3O2/c18-15-5-3-13(25-15)4-6-17(24)22-16-7-8-21-23(16)10-11-1-2-12(19)9-14(11)20/h1-9H,10H2,(H,22,24)/b6-4+. The average Bonchev–Trinajstić information content (AvgIpc) is 3.17. The summed E-state index contributed by atoms with van der Waals surface area (Å²) in [6.07, 6.45) is 4.57. The van der Waals surface area contributed by atoms with Crippen LogP contribution in [0.3, 0.4) is 0 Å². The zero-order valence-electron chi connectivity index (χ0n) is 12.7. The number of hydrogen-bond acceptors (Lipinski definition) is 3. The van der Waals surface area contributed by atoms with Crippen molar-refractivity contribution in [3.63, 3.8) is 0 Å². The summed E-state index contributed by atoms with van der Waals surface area (Å²) in [5, 5.41) is 8.09. The third-order valence-electron chi connectivity index (χ3n) is 3.30. The van der Waals surface area contributed by atoms with Gasteiger partial charge in [-0.05, 0) is 51.8 Å². The first-order chi connectivity index (χ1) is 12.0. The highest BCUT2D eigenvalue weighted by molar-refractivity contribution is 9.10. The van der Waals surface area contributed by atoms with Crippen LogP contribution < -0.4 is 5.32 Å². The summed E-state index contributed by atoms with van der Waals surface area (Å²) < 4.78 is 7.55. The molecule has 128 valence electrons. The van der Waals surface area contributed by atoms with E-state index in [9.17, 15) is 4.79 Å². The summed E-state index contributed by atoms with van der Waals surface area (Å²) >= 11 is 15.3. The Hall–Kier alpha value is -2.02. The van der Waals surface area contributed by atoms with Crippen molar-refractivity contribution in [3.8, 4) is 0 Å². The minimum Gasteiger partial charge on any atom is -0.450 e. The van der Waals surface area contributed by atoms with E-state index in [1.54, 1.807) is 47.3 Å². The summed E-state index contributed by atoms with van der Waals surface area (Å²) in [6.45, 7) is 0.410. The van der Waals surface area contributed by atoms with Crippen LogP contribution in [0.25, 0.3) is 6.08 Å². The Labute approximate surface area is 162 Å².